The summed E-state index contributed by atoms with van der Waals surface area (Å²) in [6.07, 6.45) is 0. The van der Waals surface area contributed by atoms with Gasteiger partial charge in [-0.2, -0.15) is 0 Å². The van der Waals surface area contributed by atoms with Gasteiger partial charge in [0.2, 0.25) is 0 Å². The summed E-state index contributed by atoms with van der Waals surface area (Å²) in [5, 5.41) is 6.69. The zero-order valence-corrected chi connectivity index (χ0v) is 10.7. The van der Waals surface area contributed by atoms with Crippen molar-refractivity contribution in [3.63, 3.8) is 0 Å². The van der Waals surface area contributed by atoms with Gasteiger partial charge in [0.1, 0.15) is 5.01 Å². The minimum absolute atomic E-state index is 0.0544. The lowest BCUT2D eigenvalue weighted by Crippen LogP contribution is -2.45. The third-order valence-corrected chi connectivity index (χ3v) is 3.87. The number of halogens is 1. The van der Waals surface area contributed by atoms with Crippen molar-refractivity contribution < 1.29 is 0 Å². The van der Waals surface area contributed by atoms with E-state index < -0.39 is 0 Å². The molecule has 1 aromatic heterocycles. The summed E-state index contributed by atoms with van der Waals surface area (Å²) in [4.78, 5) is 4.39. The first-order valence-corrected chi connectivity index (χ1v) is 6.03. The Kier molecular flexibility index (Phi) is 3.93. The Bertz CT molecular complexity index is 294. The number of thiazole rings is 1. The molecule has 0 saturated carbocycles. The van der Waals surface area contributed by atoms with Crippen molar-refractivity contribution in [2.75, 3.05) is 0 Å². The summed E-state index contributed by atoms with van der Waals surface area (Å²) in [6, 6.07) is 0. The first kappa shape index (κ1) is 12.0. The number of alkyl halides is 1. The molecule has 0 aromatic carbocycles. The van der Waals surface area contributed by atoms with Crippen molar-refractivity contribution in [1.29, 1.82) is 0 Å². The maximum atomic E-state index is 6.06. The van der Waals surface area contributed by atoms with Gasteiger partial charge in [-0.15, -0.1) is 22.9 Å². The number of hydrogen-bond donors (Lipinski definition) is 1. The van der Waals surface area contributed by atoms with Crippen LogP contribution in [0.15, 0.2) is 5.38 Å². The summed E-state index contributed by atoms with van der Waals surface area (Å²) in [7, 11) is 0. The second-order valence-corrected chi connectivity index (χ2v) is 5.67. The van der Waals surface area contributed by atoms with Crippen LogP contribution in [0.3, 0.4) is 0 Å². The number of aromatic nitrogens is 1. The summed E-state index contributed by atoms with van der Waals surface area (Å²) >= 11 is 7.75. The van der Waals surface area contributed by atoms with Crippen molar-refractivity contribution in [2.24, 2.45) is 0 Å². The molecule has 0 bridgehead atoms. The fraction of sp³-hybridized carbons (Fsp3) is 0.700. The van der Waals surface area contributed by atoms with Gasteiger partial charge in [-0.3, -0.25) is 0 Å². The Hall–Kier alpha value is -0.120. The van der Waals surface area contributed by atoms with E-state index >= 15 is 0 Å². The Morgan fingerprint density at radius 2 is 2.29 bits per heavy atom. The number of rotatable bonds is 4. The molecule has 2 nitrogen and oxygen atoms in total. The van der Waals surface area contributed by atoms with Crippen LogP contribution in [0.4, 0.5) is 0 Å². The molecule has 1 atom stereocenters. The van der Waals surface area contributed by atoms with Crippen LogP contribution in [0.5, 0.6) is 0 Å². The van der Waals surface area contributed by atoms with E-state index in [4.69, 9.17) is 11.6 Å². The molecule has 0 saturated heterocycles. The van der Waals surface area contributed by atoms with Gasteiger partial charge in [0.25, 0.3) is 0 Å². The zero-order chi connectivity index (χ0) is 10.8. The topological polar surface area (TPSA) is 24.9 Å². The average molecular weight is 233 g/mol. The minimum Gasteiger partial charge on any atom is -0.304 e. The van der Waals surface area contributed by atoms with Crippen LogP contribution in [-0.4, -0.2) is 15.9 Å². The fourth-order valence-electron chi connectivity index (χ4n) is 0.928. The molecule has 1 unspecified atom stereocenters. The number of nitrogens with one attached hydrogen (secondary N) is 1. The van der Waals surface area contributed by atoms with E-state index in [1.165, 1.54) is 0 Å². The van der Waals surface area contributed by atoms with Gasteiger partial charge in [0.05, 0.1) is 0 Å². The van der Waals surface area contributed by atoms with Crippen molar-refractivity contribution in [1.82, 2.24) is 10.3 Å². The molecular formula is C10H17ClN2S. The average Bonchev–Trinajstić information content (AvgIpc) is 2.48. The van der Waals surface area contributed by atoms with Crippen LogP contribution in [0.1, 0.15) is 31.5 Å². The van der Waals surface area contributed by atoms with Gasteiger partial charge in [-0.25, -0.2) is 4.98 Å². The third kappa shape index (κ3) is 3.23. The van der Waals surface area contributed by atoms with Gasteiger partial charge in [-0.1, -0.05) is 0 Å². The van der Waals surface area contributed by atoms with E-state index in [9.17, 15) is 0 Å². The second kappa shape index (κ2) is 4.60. The van der Waals surface area contributed by atoms with Gasteiger partial charge >= 0.3 is 0 Å². The molecule has 1 heterocycles. The molecule has 1 N–H and O–H groups in total. The maximum absolute atomic E-state index is 6.06. The van der Waals surface area contributed by atoms with Crippen LogP contribution >= 0.6 is 22.9 Å². The van der Waals surface area contributed by atoms with E-state index in [0.717, 1.165) is 17.2 Å². The molecule has 0 aliphatic carbocycles. The van der Waals surface area contributed by atoms with Crippen molar-refractivity contribution in [3.8, 4) is 0 Å². The van der Waals surface area contributed by atoms with Crippen molar-refractivity contribution in [2.45, 2.75) is 45.2 Å². The molecule has 0 amide bonds. The van der Waals surface area contributed by atoms with E-state index in [1.807, 2.05) is 13.8 Å². The van der Waals surface area contributed by atoms with Gasteiger partial charge < -0.3 is 5.32 Å². The van der Waals surface area contributed by atoms with E-state index in [-0.39, 0.29) is 10.9 Å². The molecule has 1 aromatic rings. The molecule has 14 heavy (non-hydrogen) atoms. The highest BCUT2D eigenvalue weighted by Crippen LogP contribution is 2.16. The van der Waals surface area contributed by atoms with E-state index in [0.29, 0.717) is 0 Å². The summed E-state index contributed by atoms with van der Waals surface area (Å²) in [5.41, 5.74) is 1.03. The zero-order valence-electron chi connectivity index (χ0n) is 9.10. The third-order valence-electron chi connectivity index (χ3n) is 2.36. The van der Waals surface area contributed by atoms with E-state index in [1.54, 1.807) is 11.3 Å². The highest BCUT2D eigenvalue weighted by molar-refractivity contribution is 7.09. The Labute approximate surface area is 94.7 Å². The SMILES string of the molecule is Cc1csc(CNC(C)(C)C(C)Cl)n1. The normalized spacial score (nSPS) is 14.4. The number of hydrogen-bond acceptors (Lipinski definition) is 3. The van der Waals surface area contributed by atoms with Gasteiger partial charge in [0, 0.05) is 28.5 Å². The largest absolute Gasteiger partial charge is 0.304 e. The Morgan fingerprint density at radius 1 is 1.64 bits per heavy atom. The predicted molar refractivity (Wildman–Crippen MR) is 63.1 cm³/mol. The highest BCUT2D eigenvalue weighted by Gasteiger charge is 2.23. The quantitative estimate of drug-likeness (QED) is 0.808. The Balaban J connectivity index is 2.48. The molecule has 0 aliphatic rings. The minimum atomic E-state index is -0.0544. The summed E-state index contributed by atoms with van der Waals surface area (Å²) in [5.74, 6) is 0. The van der Waals surface area contributed by atoms with Crippen LogP contribution < -0.4 is 5.32 Å². The molecule has 4 heteroatoms. The maximum Gasteiger partial charge on any atom is 0.107 e. The van der Waals surface area contributed by atoms with Crippen LogP contribution in [0.25, 0.3) is 0 Å². The van der Waals surface area contributed by atoms with Crippen LogP contribution in [0, 0.1) is 6.92 Å². The first-order chi connectivity index (χ1) is 6.42. The number of nitrogens with zero attached hydrogens (tertiary/aromatic N) is 1. The van der Waals surface area contributed by atoms with Crippen molar-refractivity contribution >= 4 is 22.9 Å². The lowest BCUT2D eigenvalue weighted by atomic mass is 10.0. The molecular weight excluding hydrogens is 216 g/mol. The standard InChI is InChI=1S/C10H17ClN2S/c1-7-6-14-9(13-7)5-12-10(3,4)8(2)11/h6,8,12H,5H2,1-4H3. The smallest absolute Gasteiger partial charge is 0.107 e. The highest BCUT2D eigenvalue weighted by atomic mass is 35.5. The second-order valence-electron chi connectivity index (χ2n) is 4.07. The summed E-state index contributed by atoms with van der Waals surface area (Å²) in [6.45, 7) is 9.01. The van der Waals surface area contributed by atoms with Crippen molar-refractivity contribution in [3.05, 3.63) is 16.1 Å². The molecule has 1 rings (SSSR count). The van der Waals surface area contributed by atoms with E-state index in [2.05, 4.69) is 29.5 Å². The molecule has 0 radical (unpaired) electrons. The molecule has 0 fully saturated rings. The molecule has 80 valence electrons. The first-order valence-electron chi connectivity index (χ1n) is 4.72. The molecule has 0 spiro atoms. The van der Waals surface area contributed by atoms with Crippen LogP contribution in [-0.2, 0) is 6.54 Å². The fourth-order valence-corrected chi connectivity index (χ4v) is 1.72. The molecule has 0 aliphatic heterocycles. The monoisotopic (exact) mass is 232 g/mol. The van der Waals surface area contributed by atoms with Gasteiger partial charge in [0.15, 0.2) is 0 Å². The summed E-state index contributed by atoms with van der Waals surface area (Å²) < 4.78 is 0. The number of aryl methyl sites for hydroxylation is 1. The lowest BCUT2D eigenvalue weighted by Gasteiger charge is -2.28. The lowest BCUT2D eigenvalue weighted by molar-refractivity contribution is 0.380. The van der Waals surface area contributed by atoms with Crippen LogP contribution in [0.2, 0.25) is 0 Å². The Morgan fingerprint density at radius 3 is 2.71 bits per heavy atom. The predicted octanol–water partition coefficient (Wildman–Crippen LogP) is 2.95. The van der Waals surface area contributed by atoms with Gasteiger partial charge in [-0.05, 0) is 27.7 Å².